The summed E-state index contributed by atoms with van der Waals surface area (Å²) in [5.41, 5.74) is 5.12. The minimum atomic E-state index is -4.28. The molecule has 0 radical (unpaired) electrons. The Morgan fingerprint density at radius 3 is 1.90 bits per heavy atom. The van der Waals surface area contributed by atoms with E-state index < -0.39 is 18.4 Å². The van der Waals surface area contributed by atoms with Gasteiger partial charge in [-0.2, -0.15) is 8.78 Å². The van der Waals surface area contributed by atoms with E-state index in [1.807, 2.05) is 6.07 Å². The highest BCUT2D eigenvalue weighted by atomic mass is 19.3. The molecule has 2 nitrogen and oxygen atoms in total. The van der Waals surface area contributed by atoms with Gasteiger partial charge >= 0.3 is 12.3 Å². The number of ether oxygens (including phenoxy) is 1. The van der Waals surface area contributed by atoms with Crippen molar-refractivity contribution < 1.29 is 22.3 Å². The zero-order chi connectivity index (χ0) is 15.5. The molecule has 0 amide bonds. The van der Waals surface area contributed by atoms with Gasteiger partial charge in [0, 0.05) is 0 Å². The normalized spacial score (nSPS) is 13.2. The maximum Gasteiger partial charge on any atom is 0.326 e. The Hall–Kier alpha value is -2.08. The van der Waals surface area contributed by atoms with Crippen molar-refractivity contribution in [2.75, 3.05) is 0 Å². The first-order chi connectivity index (χ1) is 9.91. The summed E-state index contributed by atoms with van der Waals surface area (Å²) in [4.78, 5) is 0. The summed E-state index contributed by atoms with van der Waals surface area (Å²) in [5.74, 6) is -3.30. The summed E-state index contributed by atoms with van der Waals surface area (Å²) in [6.07, 6.45) is -3.81. The Morgan fingerprint density at radius 2 is 1.38 bits per heavy atom. The molecule has 0 aliphatic carbocycles. The van der Waals surface area contributed by atoms with Gasteiger partial charge in [0.05, 0.1) is 0 Å². The average molecular weight is 299 g/mol. The van der Waals surface area contributed by atoms with Gasteiger partial charge in [-0.15, -0.1) is 0 Å². The Bertz CT molecular complexity index is 572. The largest absolute Gasteiger partial charge is 0.457 e. The van der Waals surface area contributed by atoms with E-state index in [1.165, 1.54) is 24.3 Å². The Balaban J connectivity index is 2.12. The molecule has 0 aromatic heterocycles. The van der Waals surface area contributed by atoms with Gasteiger partial charge in [0.2, 0.25) is 0 Å². The zero-order valence-corrected chi connectivity index (χ0v) is 10.8. The van der Waals surface area contributed by atoms with Gasteiger partial charge in [0.15, 0.2) is 0 Å². The van der Waals surface area contributed by atoms with Crippen molar-refractivity contribution in [3.63, 3.8) is 0 Å². The van der Waals surface area contributed by atoms with Crippen LogP contribution in [0.15, 0.2) is 54.6 Å². The molecule has 2 N–H and O–H groups in total. The molecule has 0 heterocycles. The number of halogens is 4. The van der Waals surface area contributed by atoms with Gasteiger partial charge in [-0.1, -0.05) is 30.3 Å². The van der Waals surface area contributed by atoms with E-state index >= 15 is 0 Å². The van der Waals surface area contributed by atoms with Gasteiger partial charge in [-0.05, 0) is 29.8 Å². The maximum absolute atomic E-state index is 13.2. The van der Waals surface area contributed by atoms with Crippen LogP contribution in [0.3, 0.4) is 0 Å². The van der Waals surface area contributed by atoms with Crippen molar-refractivity contribution in [3.8, 4) is 11.5 Å². The molecule has 1 atom stereocenters. The van der Waals surface area contributed by atoms with Crippen LogP contribution in [-0.2, 0) is 0 Å². The number of alkyl halides is 4. The van der Waals surface area contributed by atoms with Crippen LogP contribution in [0.4, 0.5) is 17.6 Å². The molecule has 1 unspecified atom stereocenters. The summed E-state index contributed by atoms with van der Waals surface area (Å²) in [6.45, 7) is 0. The molecule has 2 aromatic carbocycles. The van der Waals surface area contributed by atoms with E-state index in [0.717, 1.165) is 0 Å². The SMILES string of the molecule is NC(c1ccc(Oc2ccccc2)cc1)C(F)(F)C(F)F. The molecule has 6 heteroatoms. The highest BCUT2D eigenvalue weighted by Crippen LogP contribution is 2.35. The minimum Gasteiger partial charge on any atom is -0.457 e. The lowest BCUT2D eigenvalue weighted by atomic mass is 10.0. The van der Waals surface area contributed by atoms with Crippen LogP contribution < -0.4 is 10.5 Å². The molecule has 2 rings (SSSR count). The van der Waals surface area contributed by atoms with Crippen LogP contribution in [0.2, 0.25) is 0 Å². The molecule has 21 heavy (non-hydrogen) atoms. The predicted molar refractivity (Wildman–Crippen MR) is 70.8 cm³/mol. The van der Waals surface area contributed by atoms with Crippen molar-refractivity contribution in [2.24, 2.45) is 5.73 Å². The van der Waals surface area contributed by atoms with Crippen LogP contribution in [0.1, 0.15) is 11.6 Å². The average Bonchev–Trinajstić information content (AvgIpc) is 2.48. The van der Waals surface area contributed by atoms with E-state index in [4.69, 9.17) is 10.5 Å². The highest BCUT2D eigenvalue weighted by molar-refractivity contribution is 5.34. The third-order valence-electron chi connectivity index (χ3n) is 2.92. The monoisotopic (exact) mass is 299 g/mol. The van der Waals surface area contributed by atoms with Crippen LogP contribution in [-0.4, -0.2) is 12.3 Å². The zero-order valence-electron chi connectivity index (χ0n) is 10.8. The number of hydrogen-bond acceptors (Lipinski definition) is 2. The van der Waals surface area contributed by atoms with Crippen molar-refractivity contribution >= 4 is 0 Å². The summed E-state index contributed by atoms with van der Waals surface area (Å²) in [7, 11) is 0. The highest BCUT2D eigenvalue weighted by Gasteiger charge is 2.47. The molecule has 0 bridgehead atoms. The molecule has 0 fully saturated rings. The second kappa shape index (κ2) is 6.13. The Morgan fingerprint density at radius 1 is 0.857 bits per heavy atom. The third kappa shape index (κ3) is 3.52. The van der Waals surface area contributed by atoms with E-state index in [0.29, 0.717) is 11.5 Å². The topological polar surface area (TPSA) is 35.2 Å². The standard InChI is InChI=1S/C15H13F4NO/c16-14(17)15(18,19)13(20)10-6-8-12(9-7-10)21-11-4-2-1-3-5-11/h1-9,13-14H,20H2. The molecule has 0 saturated heterocycles. The smallest absolute Gasteiger partial charge is 0.326 e. The fourth-order valence-electron chi connectivity index (χ4n) is 1.73. The summed E-state index contributed by atoms with van der Waals surface area (Å²) in [6, 6.07) is 12.1. The number of para-hydroxylation sites is 1. The summed E-state index contributed by atoms with van der Waals surface area (Å²) in [5, 5.41) is 0. The molecule has 112 valence electrons. The van der Waals surface area contributed by atoms with Gasteiger partial charge in [0.1, 0.15) is 17.5 Å². The van der Waals surface area contributed by atoms with Gasteiger partial charge < -0.3 is 10.5 Å². The molecule has 2 aromatic rings. The Kier molecular flexibility index (Phi) is 4.47. The molecule has 0 aliphatic heterocycles. The van der Waals surface area contributed by atoms with Crippen molar-refractivity contribution in [2.45, 2.75) is 18.4 Å². The van der Waals surface area contributed by atoms with Crippen LogP contribution in [0.25, 0.3) is 0 Å². The maximum atomic E-state index is 13.2. The molecule has 0 saturated carbocycles. The molecule has 0 spiro atoms. The van der Waals surface area contributed by atoms with Gasteiger partial charge in [-0.3, -0.25) is 0 Å². The minimum absolute atomic E-state index is 0.0827. The van der Waals surface area contributed by atoms with Crippen LogP contribution in [0.5, 0.6) is 11.5 Å². The number of nitrogens with two attached hydrogens (primary N) is 1. The summed E-state index contributed by atoms with van der Waals surface area (Å²) < 4.78 is 56.3. The predicted octanol–water partition coefficient (Wildman–Crippen LogP) is 4.38. The van der Waals surface area contributed by atoms with Gasteiger partial charge in [0.25, 0.3) is 0 Å². The van der Waals surface area contributed by atoms with E-state index in [2.05, 4.69) is 0 Å². The first-order valence-electron chi connectivity index (χ1n) is 6.15. The van der Waals surface area contributed by atoms with Crippen molar-refractivity contribution in [1.29, 1.82) is 0 Å². The second-order valence-corrected chi connectivity index (χ2v) is 4.44. The van der Waals surface area contributed by atoms with Crippen molar-refractivity contribution in [1.82, 2.24) is 0 Å². The third-order valence-corrected chi connectivity index (χ3v) is 2.92. The molecular formula is C15H13F4NO. The van der Waals surface area contributed by atoms with E-state index in [-0.39, 0.29) is 5.56 Å². The first kappa shape index (κ1) is 15.3. The fourth-order valence-corrected chi connectivity index (χ4v) is 1.73. The van der Waals surface area contributed by atoms with Gasteiger partial charge in [-0.25, -0.2) is 8.78 Å². The van der Waals surface area contributed by atoms with Crippen LogP contribution >= 0.6 is 0 Å². The quantitative estimate of drug-likeness (QED) is 0.832. The van der Waals surface area contributed by atoms with Crippen molar-refractivity contribution in [3.05, 3.63) is 60.2 Å². The van der Waals surface area contributed by atoms with Crippen LogP contribution in [0, 0.1) is 0 Å². The summed E-state index contributed by atoms with van der Waals surface area (Å²) >= 11 is 0. The van der Waals surface area contributed by atoms with E-state index in [9.17, 15) is 17.6 Å². The lowest BCUT2D eigenvalue weighted by molar-refractivity contribution is -0.144. The number of benzene rings is 2. The Labute approximate surface area is 119 Å². The first-order valence-corrected chi connectivity index (χ1v) is 6.15. The second-order valence-electron chi connectivity index (χ2n) is 4.44. The fraction of sp³-hybridized carbons (Fsp3) is 0.200. The lowest BCUT2D eigenvalue weighted by Crippen LogP contribution is -2.39. The molecule has 0 aliphatic rings. The number of rotatable bonds is 5. The molecular weight excluding hydrogens is 286 g/mol. The van der Waals surface area contributed by atoms with E-state index in [1.54, 1.807) is 24.3 Å². The number of hydrogen-bond donors (Lipinski definition) is 1. The lowest BCUT2D eigenvalue weighted by Gasteiger charge is -2.23.